The van der Waals surface area contributed by atoms with Gasteiger partial charge < -0.3 is 0 Å². The standard InChI is InChI=1S/C21H20ClN3S/c22-17-5-3-14(4-6-17)20-8-7-18(26-20)13-25-10-9-19-16(12-25)11-23-21(24-19)15-1-2-15/h3-8,11,15H,1-2,9-10,12-13H2. The zero-order chi connectivity index (χ0) is 17.5. The molecule has 5 heteroatoms. The summed E-state index contributed by atoms with van der Waals surface area (Å²) in [6, 6.07) is 12.5. The highest BCUT2D eigenvalue weighted by atomic mass is 35.5. The van der Waals surface area contributed by atoms with Gasteiger partial charge in [0.05, 0.1) is 0 Å². The van der Waals surface area contributed by atoms with Crippen LogP contribution in [-0.2, 0) is 19.5 Å². The Hall–Kier alpha value is -1.75. The monoisotopic (exact) mass is 381 g/mol. The van der Waals surface area contributed by atoms with Gasteiger partial charge in [0.2, 0.25) is 0 Å². The van der Waals surface area contributed by atoms with Crippen LogP contribution < -0.4 is 0 Å². The fourth-order valence-electron chi connectivity index (χ4n) is 3.52. The Bertz CT molecular complexity index is 931. The Kier molecular flexibility index (Phi) is 4.27. The van der Waals surface area contributed by atoms with Crippen LogP contribution in [0.15, 0.2) is 42.6 Å². The molecule has 0 amide bonds. The molecule has 3 heterocycles. The van der Waals surface area contributed by atoms with E-state index in [4.69, 9.17) is 16.6 Å². The number of rotatable bonds is 4. The van der Waals surface area contributed by atoms with E-state index < -0.39 is 0 Å². The Balaban J connectivity index is 1.28. The van der Waals surface area contributed by atoms with E-state index >= 15 is 0 Å². The fourth-order valence-corrected chi connectivity index (χ4v) is 4.70. The minimum absolute atomic E-state index is 0.635. The van der Waals surface area contributed by atoms with Gasteiger partial charge in [0.25, 0.3) is 0 Å². The normalized spacial score (nSPS) is 17.3. The topological polar surface area (TPSA) is 29.0 Å². The summed E-state index contributed by atoms with van der Waals surface area (Å²) in [4.78, 5) is 14.6. The largest absolute Gasteiger partial charge is 0.293 e. The number of fused-ring (bicyclic) bond motifs is 1. The summed E-state index contributed by atoms with van der Waals surface area (Å²) in [5, 5.41) is 0.782. The lowest BCUT2D eigenvalue weighted by Gasteiger charge is -2.27. The molecule has 5 rings (SSSR count). The second-order valence-corrected chi connectivity index (χ2v) is 8.81. The van der Waals surface area contributed by atoms with Gasteiger partial charge in [0.15, 0.2) is 0 Å². The van der Waals surface area contributed by atoms with Gasteiger partial charge in [-0.25, -0.2) is 9.97 Å². The molecule has 0 spiro atoms. The zero-order valence-corrected chi connectivity index (χ0v) is 16.1. The highest BCUT2D eigenvalue weighted by Crippen LogP contribution is 2.38. The summed E-state index contributed by atoms with van der Waals surface area (Å²) in [7, 11) is 0. The smallest absolute Gasteiger partial charge is 0.131 e. The molecule has 0 atom stereocenters. The molecular formula is C21H20ClN3S. The zero-order valence-electron chi connectivity index (χ0n) is 14.5. The molecule has 0 radical (unpaired) electrons. The summed E-state index contributed by atoms with van der Waals surface area (Å²) in [6.45, 7) is 3.01. The highest BCUT2D eigenvalue weighted by Gasteiger charge is 2.28. The van der Waals surface area contributed by atoms with Crippen LogP contribution in [0.25, 0.3) is 10.4 Å². The number of thiophene rings is 1. The van der Waals surface area contributed by atoms with E-state index in [1.54, 1.807) is 0 Å². The first-order valence-electron chi connectivity index (χ1n) is 9.16. The maximum atomic E-state index is 5.99. The molecule has 1 fully saturated rings. The third-order valence-corrected chi connectivity index (χ3v) is 6.51. The Morgan fingerprint density at radius 1 is 1.12 bits per heavy atom. The van der Waals surface area contributed by atoms with Crippen molar-refractivity contribution < 1.29 is 0 Å². The number of aromatic nitrogens is 2. The minimum atomic E-state index is 0.635. The molecule has 26 heavy (non-hydrogen) atoms. The molecule has 1 saturated carbocycles. The van der Waals surface area contributed by atoms with Gasteiger partial charge in [-0.15, -0.1) is 11.3 Å². The second-order valence-electron chi connectivity index (χ2n) is 7.21. The molecule has 1 aliphatic carbocycles. The second kappa shape index (κ2) is 6.76. The predicted octanol–water partition coefficient (Wildman–Crippen LogP) is 5.29. The first-order chi connectivity index (χ1) is 12.7. The molecule has 0 saturated heterocycles. The van der Waals surface area contributed by atoms with Crippen LogP contribution in [0.3, 0.4) is 0 Å². The minimum Gasteiger partial charge on any atom is -0.293 e. The van der Waals surface area contributed by atoms with E-state index in [1.807, 2.05) is 23.5 Å². The van der Waals surface area contributed by atoms with Crippen LogP contribution in [0.2, 0.25) is 5.02 Å². The number of hydrogen-bond donors (Lipinski definition) is 0. The van der Waals surface area contributed by atoms with Crippen molar-refractivity contribution in [2.45, 2.75) is 38.3 Å². The summed E-state index contributed by atoms with van der Waals surface area (Å²) in [5.41, 5.74) is 3.80. The molecule has 2 aromatic heterocycles. The van der Waals surface area contributed by atoms with Gasteiger partial charge in [0.1, 0.15) is 5.82 Å². The average molecular weight is 382 g/mol. The molecule has 3 aromatic rings. The summed E-state index contributed by atoms with van der Waals surface area (Å²) in [6.07, 6.45) is 5.63. The molecule has 2 aliphatic rings. The van der Waals surface area contributed by atoms with Crippen LogP contribution in [-0.4, -0.2) is 21.4 Å². The third kappa shape index (κ3) is 3.41. The van der Waals surface area contributed by atoms with Gasteiger partial charge in [-0.3, -0.25) is 4.90 Å². The van der Waals surface area contributed by atoms with Gasteiger partial charge in [0, 0.05) is 64.2 Å². The fraction of sp³-hybridized carbons (Fsp3) is 0.333. The first-order valence-corrected chi connectivity index (χ1v) is 10.4. The summed E-state index contributed by atoms with van der Waals surface area (Å²) >= 11 is 7.86. The van der Waals surface area contributed by atoms with Crippen LogP contribution in [0.5, 0.6) is 0 Å². The number of nitrogens with zero attached hydrogens (tertiary/aromatic N) is 3. The van der Waals surface area contributed by atoms with E-state index in [0.717, 1.165) is 36.9 Å². The average Bonchev–Trinajstić information content (AvgIpc) is 3.41. The molecule has 0 unspecified atom stereocenters. The Labute approximate surface area is 162 Å². The van der Waals surface area contributed by atoms with E-state index in [0.29, 0.717) is 5.92 Å². The van der Waals surface area contributed by atoms with Gasteiger partial charge >= 0.3 is 0 Å². The molecule has 3 nitrogen and oxygen atoms in total. The molecule has 0 bridgehead atoms. The summed E-state index contributed by atoms with van der Waals surface area (Å²) < 4.78 is 0. The first kappa shape index (κ1) is 16.4. The van der Waals surface area contributed by atoms with Gasteiger partial charge in [-0.2, -0.15) is 0 Å². The molecular weight excluding hydrogens is 362 g/mol. The van der Waals surface area contributed by atoms with Gasteiger partial charge in [-0.05, 0) is 42.7 Å². The number of halogens is 1. The van der Waals surface area contributed by atoms with Crippen LogP contribution in [0.4, 0.5) is 0 Å². The van der Waals surface area contributed by atoms with Crippen molar-refractivity contribution in [2.24, 2.45) is 0 Å². The van der Waals surface area contributed by atoms with E-state index in [1.165, 1.54) is 39.4 Å². The van der Waals surface area contributed by atoms with Crippen molar-refractivity contribution in [3.05, 3.63) is 69.6 Å². The molecule has 1 aliphatic heterocycles. The lowest BCUT2D eigenvalue weighted by Crippen LogP contribution is -2.30. The van der Waals surface area contributed by atoms with Crippen LogP contribution in [0.1, 0.15) is 40.7 Å². The Morgan fingerprint density at radius 2 is 1.96 bits per heavy atom. The maximum Gasteiger partial charge on any atom is 0.131 e. The molecule has 0 N–H and O–H groups in total. The van der Waals surface area contributed by atoms with E-state index in [9.17, 15) is 0 Å². The van der Waals surface area contributed by atoms with Crippen molar-refractivity contribution in [3.63, 3.8) is 0 Å². The summed E-state index contributed by atoms with van der Waals surface area (Å²) in [5.74, 6) is 1.71. The predicted molar refractivity (Wildman–Crippen MR) is 107 cm³/mol. The molecule has 132 valence electrons. The lowest BCUT2D eigenvalue weighted by atomic mass is 10.1. The van der Waals surface area contributed by atoms with Crippen molar-refractivity contribution in [2.75, 3.05) is 6.54 Å². The Morgan fingerprint density at radius 3 is 2.77 bits per heavy atom. The van der Waals surface area contributed by atoms with E-state index in [2.05, 4.69) is 40.3 Å². The lowest BCUT2D eigenvalue weighted by molar-refractivity contribution is 0.244. The van der Waals surface area contributed by atoms with Crippen molar-refractivity contribution in [3.8, 4) is 10.4 Å². The molecule has 1 aromatic carbocycles. The quantitative estimate of drug-likeness (QED) is 0.614. The van der Waals surface area contributed by atoms with Crippen molar-refractivity contribution in [1.82, 2.24) is 14.9 Å². The number of benzene rings is 1. The van der Waals surface area contributed by atoms with Crippen molar-refractivity contribution >= 4 is 22.9 Å². The van der Waals surface area contributed by atoms with Crippen LogP contribution >= 0.6 is 22.9 Å². The third-order valence-electron chi connectivity index (χ3n) is 5.14. The SMILES string of the molecule is Clc1ccc(-c2ccc(CN3CCc4nc(C5CC5)ncc4C3)s2)cc1. The van der Waals surface area contributed by atoms with Crippen molar-refractivity contribution in [1.29, 1.82) is 0 Å². The number of hydrogen-bond acceptors (Lipinski definition) is 4. The van der Waals surface area contributed by atoms with Gasteiger partial charge in [-0.1, -0.05) is 23.7 Å². The van der Waals surface area contributed by atoms with Crippen LogP contribution in [0, 0.1) is 0 Å². The van der Waals surface area contributed by atoms with E-state index in [-0.39, 0.29) is 0 Å². The maximum absolute atomic E-state index is 5.99. The highest BCUT2D eigenvalue weighted by molar-refractivity contribution is 7.15.